The van der Waals surface area contributed by atoms with Crippen LogP contribution in [0.15, 0.2) is 33.0 Å². The van der Waals surface area contributed by atoms with Crippen LogP contribution in [0.4, 0.5) is 0 Å². The molecule has 1 aliphatic heterocycles. The molecule has 0 unspecified atom stereocenters. The number of likely N-dealkylation sites (N-methyl/N-ethyl adjacent to an activating group) is 1. The molecule has 0 spiro atoms. The van der Waals surface area contributed by atoms with Crippen molar-refractivity contribution in [2.75, 3.05) is 13.1 Å². The molecule has 3 rings (SSSR count). The summed E-state index contributed by atoms with van der Waals surface area (Å²) in [6.45, 7) is 7.96. The molecule has 1 aromatic carbocycles. The molecule has 0 aliphatic carbocycles. The van der Waals surface area contributed by atoms with E-state index in [4.69, 9.17) is 13.9 Å². The zero-order chi connectivity index (χ0) is 22.1. The molecule has 162 valence electrons. The minimum Gasteiger partial charge on any atom is -0.507 e. The van der Waals surface area contributed by atoms with Crippen LogP contribution >= 0.6 is 0 Å². The van der Waals surface area contributed by atoms with E-state index in [0.717, 1.165) is 12.6 Å². The Hall–Kier alpha value is -2.84. The number of carbonyl (C=O) groups excluding carboxylic acids is 1. The lowest BCUT2D eigenvalue weighted by Crippen LogP contribution is -2.49. The summed E-state index contributed by atoms with van der Waals surface area (Å²) in [4.78, 5) is 25.0. The summed E-state index contributed by atoms with van der Waals surface area (Å²) >= 11 is 0. The second kappa shape index (κ2) is 8.49. The number of nitrogens with one attached hydrogen (secondary N) is 1. The van der Waals surface area contributed by atoms with Crippen molar-refractivity contribution in [1.82, 2.24) is 5.32 Å². The standard InChI is InChI=1S/C22H27NO7/c1-5-12(10-23-6-2)21(27)29-18-8-14-16(30-22(18,3)4)9-17-19(20(14)26)15(25)7-13(11-24)28-17/h5,7,9,18,23-24,26H,6,8,10-11H2,1-4H3/b12-5-/t18-/m1/s1. The lowest BCUT2D eigenvalue weighted by atomic mass is 9.89. The Balaban J connectivity index is 1.98. The second-order valence-electron chi connectivity index (χ2n) is 7.71. The van der Waals surface area contributed by atoms with Crippen LogP contribution in [-0.2, 0) is 22.6 Å². The van der Waals surface area contributed by atoms with Crippen LogP contribution in [-0.4, -0.2) is 41.0 Å². The van der Waals surface area contributed by atoms with E-state index in [0.29, 0.717) is 23.4 Å². The van der Waals surface area contributed by atoms with Gasteiger partial charge in [0, 0.05) is 36.2 Å². The molecule has 8 nitrogen and oxygen atoms in total. The molecule has 0 bridgehead atoms. The number of aliphatic hydroxyl groups excluding tert-OH is 1. The summed E-state index contributed by atoms with van der Waals surface area (Å²) in [5.41, 5.74) is -0.359. The molecule has 2 aromatic rings. The van der Waals surface area contributed by atoms with Crippen LogP contribution in [0, 0.1) is 0 Å². The predicted molar refractivity (Wildman–Crippen MR) is 111 cm³/mol. The van der Waals surface area contributed by atoms with E-state index in [1.165, 1.54) is 6.07 Å². The Morgan fingerprint density at radius 1 is 1.40 bits per heavy atom. The van der Waals surface area contributed by atoms with Gasteiger partial charge in [0.05, 0.1) is 0 Å². The van der Waals surface area contributed by atoms with Gasteiger partial charge in [0.1, 0.15) is 46.5 Å². The number of aliphatic hydroxyl groups is 1. The van der Waals surface area contributed by atoms with Gasteiger partial charge in [0.2, 0.25) is 0 Å². The Labute approximate surface area is 174 Å². The first kappa shape index (κ1) is 21.9. The van der Waals surface area contributed by atoms with Crippen LogP contribution in [0.2, 0.25) is 0 Å². The molecule has 0 saturated heterocycles. The maximum Gasteiger partial charge on any atom is 0.335 e. The molecule has 1 aliphatic rings. The van der Waals surface area contributed by atoms with Gasteiger partial charge in [-0.15, -0.1) is 0 Å². The van der Waals surface area contributed by atoms with E-state index in [9.17, 15) is 19.8 Å². The minimum atomic E-state index is -0.880. The molecular formula is C22H27NO7. The van der Waals surface area contributed by atoms with Gasteiger partial charge in [-0.3, -0.25) is 4.79 Å². The Morgan fingerprint density at radius 2 is 2.13 bits per heavy atom. The van der Waals surface area contributed by atoms with E-state index in [2.05, 4.69) is 5.32 Å². The predicted octanol–water partition coefficient (Wildman–Crippen LogP) is 2.17. The zero-order valence-corrected chi connectivity index (χ0v) is 17.6. The highest BCUT2D eigenvalue weighted by molar-refractivity contribution is 5.89. The second-order valence-corrected chi connectivity index (χ2v) is 7.71. The first-order chi connectivity index (χ1) is 14.2. The molecule has 0 radical (unpaired) electrons. The van der Waals surface area contributed by atoms with Crippen LogP contribution in [0.5, 0.6) is 11.5 Å². The first-order valence-electron chi connectivity index (χ1n) is 9.90. The number of ether oxygens (including phenoxy) is 2. The quantitative estimate of drug-likeness (QED) is 0.483. The van der Waals surface area contributed by atoms with Crippen molar-refractivity contribution in [2.45, 2.75) is 52.4 Å². The minimum absolute atomic E-state index is 0.000575. The fraction of sp³-hybridized carbons (Fsp3) is 0.455. The molecule has 1 aromatic heterocycles. The molecule has 1 atom stereocenters. The van der Waals surface area contributed by atoms with Gasteiger partial charge in [-0.05, 0) is 27.3 Å². The monoisotopic (exact) mass is 417 g/mol. The number of allylic oxidation sites excluding steroid dienone is 1. The maximum absolute atomic E-state index is 12.6. The number of phenols is 1. The van der Waals surface area contributed by atoms with Gasteiger partial charge >= 0.3 is 5.97 Å². The Bertz CT molecular complexity index is 1050. The number of phenolic OH excluding ortho intramolecular Hbond substituents is 1. The lowest BCUT2D eigenvalue weighted by Gasteiger charge is -2.39. The van der Waals surface area contributed by atoms with Crippen LogP contribution in [0.3, 0.4) is 0 Å². The fourth-order valence-corrected chi connectivity index (χ4v) is 3.46. The third-order valence-electron chi connectivity index (χ3n) is 5.23. The van der Waals surface area contributed by atoms with Crippen LogP contribution in [0.25, 0.3) is 11.0 Å². The van der Waals surface area contributed by atoms with E-state index in [-0.39, 0.29) is 28.9 Å². The third-order valence-corrected chi connectivity index (χ3v) is 5.23. The first-order valence-corrected chi connectivity index (χ1v) is 9.90. The molecule has 0 amide bonds. The van der Waals surface area contributed by atoms with E-state index in [1.54, 1.807) is 26.8 Å². The summed E-state index contributed by atoms with van der Waals surface area (Å²) in [7, 11) is 0. The summed E-state index contributed by atoms with van der Waals surface area (Å²) in [6.07, 6.45) is 1.20. The van der Waals surface area contributed by atoms with Crippen molar-refractivity contribution in [3.8, 4) is 11.5 Å². The number of hydrogen-bond donors (Lipinski definition) is 3. The van der Waals surface area contributed by atoms with Crippen molar-refractivity contribution in [2.24, 2.45) is 0 Å². The zero-order valence-electron chi connectivity index (χ0n) is 17.6. The van der Waals surface area contributed by atoms with Crippen molar-refractivity contribution in [3.63, 3.8) is 0 Å². The van der Waals surface area contributed by atoms with Crippen molar-refractivity contribution < 1.29 is 28.9 Å². The number of rotatable bonds is 6. The molecule has 3 N–H and O–H groups in total. The molecule has 2 heterocycles. The molecule has 0 fully saturated rings. The maximum atomic E-state index is 12.6. The highest BCUT2D eigenvalue weighted by Crippen LogP contribution is 2.42. The van der Waals surface area contributed by atoms with E-state index in [1.807, 2.05) is 6.92 Å². The summed E-state index contributed by atoms with van der Waals surface area (Å²) in [5.74, 6) is -0.296. The SMILES string of the molecule is C/C=C(/CNCC)C(=O)O[C@@H]1Cc2c(cc3oc(CO)cc(=O)c3c2O)OC1(C)C. The topological polar surface area (TPSA) is 118 Å². The van der Waals surface area contributed by atoms with E-state index < -0.39 is 29.7 Å². The molecular weight excluding hydrogens is 390 g/mol. The molecule has 8 heteroatoms. The van der Waals surface area contributed by atoms with Gasteiger partial charge in [-0.25, -0.2) is 4.79 Å². The normalized spacial score (nSPS) is 18.0. The number of benzene rings is 1. The lowest BCUT2D eigenvalue weighted by molar-refractivity contribution is -0.156. The smallest absolute Gasteiger partial charge is 0.335 e. The number of esters is 1. The average Bonchev–Trinajstić information content (AvgIpc) is 2.68. The fourth-order valence-electron chi connectivity index (χ4n) is 3.46. The van der Waals surface area contributed by atoms with Crippen LogP contribution in [0.1, 0.15) is 39.0 Å². The van der Waals surface area contributed by atoms with Gasteiger partial charge in [-0.1, -0.05) is 13.0 Å². The van der Waals surface area contributed by atoms with Crippen molar-refractivity contribution in [3.05, 3.63) is 45.3 Å². The molecule has 0 saturated carbocycles. The van der Waals surface area contributed by atoms with Gasteiger partial charge in [-0.2, -0.15) is 0 Å². The van der Waals surface area contributed by atoms with Crippen molar-refractivity contribution in [1.29, 1.82) is 0 Å². The number of fused-ring (bicyclic) bond motifs is 2. The Kier molecular flexibility index (Phi) is 6.19. The largest absolute Gasteiger partial charge is 0.507 e. The summed E-state index contributed by atoms with van der Waals surface area (Å²) < 4.78 is 17.3. The highest BCUT2D eigenvalue weighted by Gasteiger charge is 2.42. The van der Waals surface area contributed by atoms with E-state index >= 15 is 0 Å². The summed E-state index contributed by atoms with van der Waals surface area (Å²) in [6, 6.07) is 2.66. The van der Waals surface area contributed by atoms with Crippen molar-refractivity contribution >= 4 is 16.9 Å². The number of carbonyl (C=O) groups is 1. The highest BCUT2D eigenvalue weighted by atomic mass is 16.6. The summed E-state index contributed by atoms with van der Waals surface area (Å²) in [5, 5.41) is 23.1. The van der Waals surface area contributed by atoms with Crippen LogP contribution < -0.4 is 15.5 Å². The number of aromatic hydroxyl groups is 1. The third kappa shape index (κ3) is 4.06. The van der Waals surface area contributed by atoms with Gasteiger partial charge in [0.15, 0.2) is 5.43 Å². The van der Waals surface area contributed by atoms with Gasteiger partial charge in [0.25, 0.3) is 0 Å². The van der Waals surface area contributed by atoms with Gasteiger partial charge < -0.3 is 29.4 Å². The average molecular weight is 417 g/mol. The molecule has 30 heavy (non-hydrogen) atoms. The Morgan fingerprint density at radius 3 is 2.77 bits per heavy atom. The number of hydrogen-bond acceptors (Lipinski definition) is 8.